The minimum atomic E-state index is -4.19. The number of nitrogens with zero attached hydrogens (tertiary/aromatic N) is 1. The van der Waals surface area contributed by atoms with E-state index in [9.17, 15) is 18.0 Å². The average Bonchev–Trinajstić information content (AvgIpc) is 2.41. The first-order valence-corrected chi connectivity index (χ1v) is 7.07. The smallest absolute Gasteiger partial charge is 0.325 e. The van der Waals surface area contributed by atoms with Crippen LogP contribution in [-0.4, -0.2) is 36.6 Å². The number of nitrogens with one attached hydrogen (secondary N) is 1. The second-order valence-electron chi connectivity index (χ2n) is 5.17. The molecule has 1 heterocycles. The molecule has 0 bridgehead atoms. The molecule has 1 amide bonds. The number of carbonyl (C=O) groups is 1. The lowest BCUT2D eigenvalue weighted by Gasteiger charge is -2.33. The fourth-order valence-corrected chi connectivity index (χ4v) is 2.53. The van der Waals surface area contributed by atoms with Gasteiger partial charge < -0.3 is 5.32 Å². The van der Waals surface area contributed by atoms with E-state index in [2.05, 4.69) is 5.32 Å². The van der Waals surface area contributed by atoms with Crippen LogP contribution < -0.4 is 5.32 Å². The van der Waals surface area contributed by atoms with Gasteiger partial charge in [-0.25, -0.2) is 0 Å². The Morgan fingerprint density at radius 3 is 2.62 bits per heavy atom. The van der Waals surface area contributed by atoms with Crippen LogP contribution in [0.4, 0.5) is 18.9 Å². The molecule has 0 aromatic heterocycles. The van der Waals surface area contributed by atoms with E-state index in [0.29, 0.717) is 23.7 Å². The Kier molecular flexibility index (Phi) is 5.11. The second kappa shape index (κ2) is 6.66. The highest BCUT2D eigenvalue weighted by Crippen LogP contribution is 2.32. The van der Waals surface area contributed by atoms with Crippen molar-refractivity contribution in [1.82, 2.24) is 4.90 Å². The molecule has 0 radical (unpaired) electrons. The maximum absolute atomic E-state index is 12.7. The number of rotatable bonds is 3. The summed E-state index contributed by atoms with van der Waals surface area (Å²) >= 11 is 5.74. The summed E-state index contributed by atoms with van der Waals surface area (Å²) < 4.78 is 38.1. The van der Waals surface area contributed by atoms with E-state index in [-0.39, 0.29) is 25.4 Å². The zero-order valence-corrected chi connectivity index (χ0v) is 12.0. The highest BCUT2D eigenvalue weighted by Gasteiger charge is 2.41. The van der Waals surface area contributed by atoms with Crippen molar-refractivity contribution in [3.05, 3.63) is 29.3 Å². The van der Waals surface area contributed by atoms with Crippen molar-refractivity contribution >= 4 is 23.2 Å². The fraction of sp³-hybridized carbons (Fsp3) is 0.500. The van der Waals surface area contributed by atoms with Gasteiger partial charge in [-0.2, -0.15) is 13.2 Å². The normalized spacial score (nSPS) is 20.3. The summed E-state index contributed by atoms with van der Waals surface area (Å²) in [5.41, 5.74) is 0.578. The zero-order valence-electron chi connectivity index (χ0n) is 11.3. The number of halogens is 4. The van der Waals surface area contributed by atoms with Crippen molar-refractivity contribution in [2.24, 2.45) is 5.92 Å². The summed E-state index contributed by atoms with van der Waals surface area (Å²) in [7, 11) is 0. The lowest BCUT2D eigenvalue weighted by molar-refractivity contribution is -0.186. The van der Waals surface area contributed by atoms with E-state index in [1.54, 1.807) is 29.2 Å². The molecule has 1 N–H and O–H groups in total. The van der Waals surface area contributed by atoms with Crippen molar-refractivity contribution in [1.29, 1.82) is 0 Å². The molecule has 1 atom stereocenters. The number of alkyl halides is 3. The number of hydrogen-bond acceptors (Lipinski definition) is 2. The van der Waals surface area contributed by atoms with Crippen molar-refractivity contribution in [2.45, 2.75) is 19.0 Å². The fourth-order valence-electron chi connectivity index (χ4n) is 2.40. The number of anilines is 1. The Hall–Kier alpha value is -1.27. The molecule has 21 heavy (non-hydrogen) atoms. The van der Waals surface area contributed by atoms with Gasteiger partial charge in [0.15, 0.2) is 0 Å². The van der Waals surface area contributed by atoms with Gasteiger partial charge in [-0.15, -0.1) is 0 Å². The lowest BCUT2D eigenvalue weighted by atomic mass is 9.97. The third-order valence-corrected chi connectivity index (χ3v) is 3.72. The Bertz CT molecular complexity index is 490. The predicted molar refractivity (Wildman–Crippen MR) is 75.3 cm³/mol. The van der Waals surface area contributed by atoms with Gasteiger partial charge >= 0.3 is 6.18 Å². The Labute approximate surface area is 126 Å². The third kappa shape index (κ3) is 4.89. The molecule has 0 saturated carbocycles. The summed E-state index contributed by atoms with van der Waals surface area (Å²) in [6.45, 7) is 0.368. The van der Waals surface area contributed by atoms with Crippen molar-refractivity contribution in [3.8, 4) is 0 Å². The molecule has 0 unspecified atom stereocenters. The summed E-state index contributed by atoms with van der Waals surface area (Å²) in [4.78, 5) is 13.4. The molecule has 3 nitrogen and oxygen atoms in total. The molecule has 0 spiro atoms. The minimum absolute atomic E-state index is 0.0325. The van der Waals surface area contributed by atoms with Crippen LogP contribution in [0.15, 0.2) is 24.3 Å². The molecule has 1 aliphatic rings. The number of hydrogen-bond donors (Lipinski definition) is 1. The molecule has 116 valence electrons. The molecule has 1 aliphatic heterocycles. The molecule has 2 rings (SSSR count). The van der Waals surface area contributed by atoms with Crippen LogP contribution in [0.3, 0.4) is 0 Å². The first-order valence-electron chi connectivity index (χ1n) is 6.69. The second-order valence-corrected chi connectivity index (χ2v) is 5.61. The molecule has 7 heteroatoms. The maximum atomic E-state index is 12.7. The average molecular weight is 321 g/mol. The predicted octanol–water partition coefficient (Wildman–Crippen LogP) is 3.55. The van der Waals surface area contributed by atoms with Crippen LogP contribution in [0.2, 0.25) is 5.02 Å². The van der Waals surface area contributed by atoms with Gasteiger partial charge in [0, 0.05) is 17.3 Å². The van der Waals surface area contributed by atoms with Crippen molar-refractivity contribution in [3.63, 3.8) is 0 Å². The topological polar surface area (TPSA) is 32.3 Å². The first-order chi connectivity index (χ1) is 9.84. The van der Waals surface area contributed by atoms with Gasteiger partial charge in [0.25, 0.3) is 0 Å². The van der Waals surface area contributed by atoms with E-state index < -0.39 is 12.1 Å². The molecule has 1 saturated heterocycles. The van der Waals surface area contributed by atoms with Gasteiger partial charge in [-0.3, -0.25) is 9.69 Å². The SMILES string of the molecule is O=C(CN1CCC[C@@H](C(F)(F)F)C1)Nc1ccc(Cl)cc1. The van der Waals surface area contributed by atoms with Crippen LogP contribution in [-0.2, 0) is 4.79 Å². The van der Waals surface area contributed by atoms with E-state index in [4.69, 9.17) is 11.6 Å². The van der Waals surface area contributed by atoms with E-state index in [1.807, 2.05) is 0 Å². The molecule has 1 aromatic carbocycles. The van der Waals surface area contributed by atoms with Gasteiger partial charge in [-0.05, 0) is 43.7 Å². The van der Waals surface area contributed by atoms with E-state index in [0.717, 1.165) is 0 Å². The Morgan fingerprint density at radius 2 is 2.00 bits per heavy atom. The van der Waals surface area contributed by atoms with Crippen LogP contribution in [0.5, 0.6) is 0 Å². The summed E-state index contributed by atoms with van der Waals surface area (Å²) in [5.74, 6) is -1.66. The van der Waals surface area contributed by atoms with Crippen molar-refractivity contribution < 1.29 is 18.0 Å². The van der Waals surface area contributed by atoms with Gasteiger partial charge in [0.1, 0.15) is 0 Å². The third-order valence-electron chi connectivity index (χ3n) is 3.46. The monoisotopic (exact) mass is 320 g/mol. The van der Waals surface area contributed by atoms with Gasteiger partial charge in [-0.1, -0.05) is 11.6 Å². The number of benzene rings is 1. The van der Waals surface area contributed by atoms with Gasteiger partial charge in [0.05, 0.1) is 12.5 Å². The zero-order chi connectivity index (χ0) is 15.5. The quantitative estimate of drug-likeness (QED) is 0.923. The van der Waals surface area contributed by atoms with Crippen LogP contribution in [0.1, 0.15) is 12.8 Å². The minimum Gasteiger partial charge on any atom is -0.325 e. The first kappa shape index (κ1) is 16.1. The van der Waals surface area contributed by atoms with Crippen molar-refractivity contribution in [2.75, 3.05) is 25.0 Å². The van der Waals surface area contributed by atoms with Crippen LogP contribution >= 0.6 is 11.6 Å². The molecule has 1 fully saturated rings. The highest BCUT2D eigenvalue weighted by atomic mass is 35.5. The largest absolute Gasteiger partial charge is 0.393 e. The molecule has 0 aliphatic carbocycles. The summed E-state index contributed by atoms with van der Waals surface area (Å²) in [6, 6.07) is 6.57. The highest BCUT2D eigenvalue weighted by molar-refractivity contribution is 6.30. The standard InChI is InChI=1S/C14H16ClF3N2O/c15-11-3-5-12(6-4-11)19-13(21)9-20-7-1-2-10(8-20)14(16,17)18/h3-6,10H,1-2,7-9H2,(H,19,21)/t10-/m1/s1. The molecular formula is C14H16ClF3N2O. The summed E-state index contributed by atoms with van der Waals surface area (Å²) in [5, 5.41) is 3.20. The Morgan fingerprint density at radius 1 is 1.33 bits per heavy atom. The molecular weight excluding hydrogens is 305 g/mol. The number of likely N-dealkylation sites (tertiary alicyclic amines) is 1. The van der Waals surface area contributed by atoms with E-state index >= 15 is 0 Å². The molecule has 1 aromatic rings. The van der Waals surface area contributed by atoms with E-state index in [1.165, 1.54) is 0 Å². The lowest BCUT2D eigenvalue weighted by Crippen LogP contribution is -2.44. The number of piperidine rings is 1. The summed E-state index contributed by atoms with van der Waals surface area (Å²) in [6.07, 6.45) is -3.59. The maximum Gasteiger partial charge on any atom is 0.393 e. The number of carbonyl (C=O) groups excluding carboxylic acids is 1. The van der Waals surface area contributed by atoms with Crippen LogP contribution in [0.25, 0.3) is 0 Å². The van der Waals surface area contributed by atoms with Gasteiger partial charge in [0.2, 0.25) is 5.91 Å². The number of amides is 1. The van der Waals surface area contributed by atoms with Crippen LogP contribution in [0, 0.1) is 5.92 Å². The Balaban J connectivity index is 1.86.